The molecule has 0 N–H and O–H groups in total. The number of rotatable bonds is 2. The van der Waals surface area contributed by atoms with Crippen LogP contribution < -0.4 is 4.90 Å². The second-order valence-corrected chi connectivity index (χ2v) is 7.14. The molecule has 0 radical (unpaired) electrons. The van der Waals surface area contributed by atoms with E-state index in [-0.39, 0.29) is 5.91 Å². The lowest BCUT2D eigenvalue weighted by molar-refractivity contribution is 0.0745. The smallest absolute Gasteiger partial charge is 0.255 e. The fourth-order valence-corrected chi connectivity index (χ4v) is 3.87. The van der Waals surface area contributed by atoms with Gasteiger partial charge in [-0.1, -0.05) is 12.1 Å². The molecule has 0 saturated carbocycles. The number of aryl methyl sites for hydroxylation is 2. The molecule has 124 valence electrons. The lowest BCUT2D eigenvalue weighted by atomic mass is 10.1. The minimum atomic E-state index is 0.0853. The van der Waals surface area contributed by atoms with Crippen molar-refractivity contribution in [3.8, 4) is 0 Å². The van der Waals surface area contributed by atoms with Crippen LogP contribution in [0.3, 0.4) is 0 Å². The predicted octanol–water partition coefficient (Wildman–Crippen LogP) is 2.69. The van der Waals surface area contributed by atoms with Gasteiger partial charge in [-0.15, -0.1) is 5.10 Å². The third-order valence-corrected chi connectivity index (χ3v) is 5.49. The second-order valence-electron chi connectivity index (χ2n) is 6.29. The highest BCUT2D eigenvalue weighted by Crippen LogP contribution is 2.24. The Morgan fingerprint density at radius 3 is 2.62 bits per heavy atom. The molecule has 0 bridgehead atoms. The highest BCUT2D eigenvalue weighted by Gasteiger charge is 2.25. The SMILES string of the molecule is O=C(c1ccccc1Br)N1CCN(c2cc3c(nn2)CCC3)CC1. The molecule has 1 amide bonds. The summed E-state index contributed by atoms with van der Waals surface area (Å²) >= 11 is 3.46. The first-order valence-corrected chi connectivity index (χ1v) is 9.16. The van der Waals surface area contributed by atoms with Crippen LogP contribution in [0, 0.1) is 0 Å². The first-order valence-electron chi connectivity index (χ1n) is 8.36. The first-order chi connectivity index (χ1) is 11.7. The molecule has 1 aromatic heterocycles. The van der Waals surface area contributed by atoms with Crippen LogP contribution in [-0.4, -0.2) is 47.2 Å². The van der Waals surface area contributed by atoms with Crippen molar-refractivity contribution in [2.24, 2.45) is 0 Å². The quantitative estimate of drug-likeness (QED) is 0.795. The van der Waals surface area contributed by atoms with Crippen LogP contribution in [0.4, 0.5) is 5.82 Å². The minimum absolute atomic E-state index is 0.0853. The second kappa shape index (κ2) is 6.51. The zero-order chi connectivity index (χ0) is 16.5. The van der Waals surface area contributed by atoms with E-state index in [0.29, 0.717) is 13.1 Å². The van der Waals surface area contributed by atoms with Crippen molar-refractivity contribution in [2.45, 2.75) is 19.3 Å². The van der Waals surface area contributed by atoms with Crippen molar-refractivity contribution in [3.05, 3.63) is 51.6 Å². The van der Waals surface area contributed by atoms with E-state index in [1.807, 2.05) is 29.2 Å². The molecular formula is C18H19BrN4O. The van der Waals surface area contributed by atoms with Crippen molar-refractivity contribution in [2.75, 3.05) is 31.1 Å². The number of carbonyl (C=O) groups is 1. The van der Waals surface area contributed by atoms with Crippen LogP contribution in [-0.2, 0) is 12.8 Å². The number of fused-ring (bicyclic) bond motifs is 1. The molecule has 5 nitrogen and oxygen atoms in total. The van der Waals surface area contributed by atoms with Crippen LogP contribution in [0.25, 0.3) is 0 Å². The van der Waals surface area contributed by atoms with E-state index in [9.17, 15) is 4.79 Å². The summed E-state index contributed by atoms with van der Waals surface area (Å²) in [4.78, 5) is 16.8. The summed E-state index contributed by atoms with van der Waals surface area (Å²) in [6.07, 6.45) is 3.34. The largest absolute Gasteiger partial charge is 0.352 e. The van der Waals surface area contributed by atoms with Gasteiger partial charge in [-0.3, -0.25) is 4.79 Å². The van der Waals surface area contributed by atoms with Gasteiger partial charge in [0.2, 0.25) is 0 Å². The Bertz CT molecular complexity index is 771. The highest BCUT2D eigenvalue weighted by atomic mass is 79.9. The summed E-state index contributed by atoms with van der Waals surface area (Å²) in [6, 6.07) is 9.77. The van der Waals surface area contributed by atoms with Gasteiger partial charge in [0.15, 0.2) is 5.82 Å². The van der Waals surface area contributed by atoms with Gasteiger partial charge < -0.3 is 9.80 Å². The van der Waals surface area contributed by atoms with Gasteiger partial charge in [0.1, 0.15) is 0 Å². The Morgan fingerprint density at radius 2 is 1.83 bits per heavy atom. The number of nitrogens with zero attached hydrogens (tertiary/aromatic N) is 4. The Kier molecular flexibility index (Phi) is 4.22. The number of hydrogen-bond donors (Lipinski definition) is 0. The molecule has 1 aromatic carbocycles. The number of piperazine rings is 1. The maximum absolute atomic E-state index is 12.7. The van der Waals surface area contributed by atoms with E-state index in [4.69, 9.17) is 0 Å². The van der Waals surface area contributed by atoms with Crippen LogP contribution in [0.2, 0.25) is 0 Å². The summed E-state index contributed by atoms with van der Waals surface area (Å²) in [7, 11) is 0. The lowest BCUT2D eigenvalue weighted by Crippen LogP contribution is -2.49. The lowest BCUT2D eigenvalue weighted by Gasteiger charge is -2.35. The summed E-state index contributed by atoms with van der Waals surface area (Å²) in [6.45, 7) is 3.01. The van der Waals surface area contributed by atoms with Gasteiger partial charge in [-0.05, 0) is 59.0 Å². The number of halogens is 1. The van der Waals surface area contributed by atoms with Gasteiger partial charge in [0.25, 0.3) is 5.91 Å². The van der Waals surface area contributed by atoms with Crippen LogP contribution in [0.1, 0.15) is 28.0 Å². The number of carbonyl (C=O) groups excluding carboxylic acids is 1. The van der Waals surface area contributed by atoms with Crippen LogP contribution >= 0.6 is 15.9 Å². The molecule has 0 unspecified atom stereocenters. The Hall–Kier alpha value is -1.95. The zero-order valence-corrected chi connectivity index (χ0v) is 15.0. The van der Waals surface area contributed by atoms with E-state index < -0.39 is 0 Å². The molecule has 2 aromatic rings. The van der Waals surface area contributed by atoms with Crippen molar-refractivity contribution in [1.29, 1.82) is 0 Å². The molecule has 24 heavy (non-hydrogen) atoms. The molecule has 0 spiro atoms. The number of hydrogen-bond acceptors (Lipinski definition) is 4. The third-order valence-electron chi connectivity index (χ3n) is 4.80. The molecule has 6 heteroatoms. The topological polar surface area (TPSA) is 49.3 Å². The predicted molar refractivity (Wildman–Crippen MR) is 96.3 cm³/mol. The van der Waals surface area contributed by atoms with Crippen LogP contribution in [0.5, 0.6) is 0 Å². The van der Waals surface area contributed by atoms with Crippen molar-refractivity contribution < 1.29 is 4.79 Å². The van der Waals surface area contributed by atoms with Crippen molar-refractivity contribution in [1.82, 2.24) is 15.1 Å². The average molecular weight is 387 g/mol. The maximum Gasteiger partial charge on any atom is 0.255 e. The number of aromatic nitrogens is 2. The summed E-state index contributed by atoms with van der Waals surface area (Å²) in [5, 5.41) is 8.75. The molecule has 1 saturated heterocycles. The number of benzene rings is 1. The zero-order valence-electron chi connectivity index (χ0n) is 13.4. The van der Waals surface area contributed by atoms with Crippen molar-refractivity contribution >= 4 is 27.7 Å². The Balaban J connectivity index is 1.43. The molecule has 1 aliphatic carbocycles. The van der Waals surface area contributed by atoms with E-state index in [0.717, 1.165) is 47.5 Å². The van der Waals surface area contributed by atoms with E-state index in [1.165, 1.54) is 12.0 Å². The van der Waals surface area contributed by atoms with E-state index in [2.05, 4.69) is 37.1 Å². The van der Waals surface area contributed by atoms with Gasteiger partial charge in [-0.2, -0.15) is 5.10 Å². The van der Waals surface area contributed by atoms with E-state index >= 15 is 0 Å². The summed E-state index contributed by atoms with van der Waals surface area (Å²) in [5.74, 6) is 1.03. The van der Waals surface area contributed by atoms with Gasteiger partial charge in [0.05, 0.1) is 11.3 Å². The number of amides is 1. The Morgan fingerprint density at radius 1 is 1.04 bits per heavy atom. The Labute approximate surface area is 149 Å². The maximum atomic E-state index is 12.7. The van der Waals surface area contributed by atoms with Crippen molar-refractivity contribution in [3.63, 3.8) is 0 Å². The summed E-state index contributed by atoms with van der Waals surface area (Å²) in [5.41, 5.74) is 3.22. The standard InChI is InChI=1S/C18H19BrN4O/c19-15-6-2-1-5-14(15)18(24)23-10-8-22(9-11-23)17-12-13-4-3-7-16(13)20-21-17/h1-2,5-6,12H,3-4,7-11H2. The first kappa shape index (κ1) is 15.6. The molecule has 2 heterocycles. The highest BCUT2D eigenvalue weighted by molar-refractivity contribution is 9.10. The third kappa shape index (κ3) is 2.90. The molecule has 0 atom stereocenters. The fourth-order valence-electron chi connectivity index (χ4n) is 3.42. The molecular weight excluding hydrogens is 368 g/mol. The monoisotopic (exact) mass is 386 g/mol. The molecule has 1 fully saturated rings. The molecule has 4 rings (SSSR count). The van der Waals surface area contributed by atoms with Gasteiger partial charge in [-0.25, -0.2) is 0 Å². The summed E-state index contributed by atoms with van der Waals surface area (Å²) < 4.78 is 0.849. The fraction of sp³-hybridized carbons (Fsp3) is 0.389. The molecule has 2 aliphatic rings. The molecule has 1 aliphatic heterocycles. The number of anilines is 1. The normalized spacial score (nSPS) is 17.0. The average Bonchev–Trinajstić information content (AvgIpc) is 3.09. The minimum Gasteiger partial charge on any atom is -0.352 e. The van der Waals surface area contributed by atoms with E-state index in [1.54, 1.807) is 0 Å². The van der Waals surface area contributed by atoms with Gasteiger partial charge >= 0.3 is 0 Å². The van der Waals surface area contributed by atoms with Gasteiger partial charge in [0, 0.05) is 30.7 Å². The van der Waals surface area contributed by atoms with Crippen LogP contribution in [0.15, 0.2) is 34.8 Å².